The molecule has 0 saturated heterocycles. The zero-order chi connectivity index (χ0) is 14.1. The second kappa shape index (κ2) is 5.52. The average Bonchev–Trinajstić information content (AvgIpc) is 2.45. The van der Waals surface area contributed by atoms with Crippen molar-refractivity contribution in [1.29, 1.82) is 0 Å². The smallest absolute Gasteiger partial charge is 0.126 e. The summed E-state index contributed by atoms with van der Waals surface area (Å²) in [6, 6.07) is 9.46. The van der Waals surface area contributed by atoms with Crippen LogP contribution in [0.15, 0.2) is 36.4 Å². The van der Waals surface area contributed by atoms with Crippen LogP contribution in [0, 0.1) is 11.6 Å². The van der Waals surface area contributed by atoms with Crippen LogP contribution in [-0.4, -0.2) is 6.61 Å². The van der Waals surface area contributed by atoms with Crippen LogP contribution in [-0.2, 0) is 6.42 Å². The molecule has 1 atom stereocenters. The highest BCUT2D eigenvalue weighted by atomic mass is 79.9. The summed E-state index contributed by atoms with van der Waals surface area (Å²) in [6.07, 6.45) is 1.97. The van der Waals surface area contributed by atoms with Gasteiger partial charge in [-0.3, -0.25) is 0 Å². The fraction of sp³-hybridized carbons (Fsp3) is 0.250. The van der Waals surface area contributed by atoms with Gasteiger partial charge in [0.25, 0.3) is 0 Å². The molecule has 20 heavy (non-hydrogen) atoms. The molecular weight excluding hydrogens is 326 g/mol. The number of ether oxygens (including phenoxy) is 1. The molecule has 1 aliphatic heterocycles. The fourth-order valence-corrected chi connectivity index (χ4v) is 3.00. The van der Waals surface area contributed by atoms with Gasteiger partial charge in [-0.15, -0.1) is 0 Å². The van der Waals surface area contributed by atoms with Gasteiger partial charge in [-0.2, -0.15) is 0 Å². The highest BCUT2D eigenvalue weighted by molar-refractivity contribution is 9.09. The minimum Gasteiger partial charge on any atom is -0.493 e. The van der Waals surface area contributed by atoms with Crippen molar-refractivity contribution in [3.8, 4) is 5.75 Å². The van der Waals surface area contributed by atoms with E-state index in [0.29, 0.717) is 5.56 Å². The van der Waals surface area contributed by atoms with Crippen molar-refractivity contribution in [1.82, 2.24) is 0 Å². The van der Waals surface area contributed by atoms with Gasteiger partial charge >= 0.3 is 0 Å². The third-order valence-corrected chi connectivity index (χ3v) is 4.46. The predicted octanol–water partition coefficient (Wildman–Crippen LogP) is 4.77. The van der Waals surface area contributed by atoms with E-state index in [1.165, 1.54) is 12.1 Å². The Morgan fingerprint density at radius 2 is 1.75 bits per heavy atom. The number of fused-ring (bicyclic) bond motifs is 1. The van der Waals surface area contributed by atoms with Crippen LogP contribution in [0.3, 0.4) is 0 Å². The van der Waals surface area contributed by atoms with Gasteiger partial charge in [0.15, 0.2) is 0 Å². The summed E-state index contributed by atoms with van der Waals surface area (Å²) in [7, 11) is 0. The van der Waals surface area contributed by atoms with Crippen LogP contribution in [0.5, 0.6) is 5.75 Å². The molecule has 0 amide bonds. The molecule has 1 aliphatic rings. The first-order valence-corrected chi connectivity index (χ1v) is 7.41. The Morgan fingerprint density at radius 3 is 2.50 bits per heavy atom. The van der Waals surface area contributed by atoms with E-state index in [1.54, 1.807) is 0 Å². The summed E-state index contributed by atoms with van der Waals surface area (Å²) < 4.78 is 32.2. The van der Waals surface area contributed by atoms with Crippen molar-refractivity contribution in [3.63, 3.8) is 0 Å². The highest BCUT2D eigenvalue weighted by Gasteiger charge is 2.16. The maximum absolute atomic E-state index is 13.3. The van der Waals surface area contributed by atoms with Gasteiger partial charge < -0.3 is 4.74 Å². The molecule has 4 heteroatoms. The quantitative estimate of drug-likeness (QED) is 0.716. The normalized spacial score (nSPS) is 15.3. The molecule has 0 aromatic heterocycles. The van der Waals surface area contributed by atoms with Crippen molar-refractivity contribution >= 4 is 15.9 Å². The van der Waals surface area contributed by atoms with E-state index in [-0.39, 0.29) is 4.83 Å². The first-order chi connectivity index (χ1) is 9.63. The standard InChI is InChI=1S/C16H13BrF2O/c17-16(12-7-13(18)9-14(19)8-12)11-3-4-15-10(6-11)2-1-5-20-15/h3-4,6-9,16H,1-2,5H2. The minimum atomic E-state index is -0.564. The topological polar surface area (TPSA) is 9.23 Å². The summed E-state index contributed by atoms with van der Waals surface area (Å²) in [5, 5.41) is 0. The number of aryl methyl sites for hydroxylation is 1. The molecule has 0 bridgehead atoms. The van der Waals surface area contributed by atoms with Gasteiger partial charge in [0.05, 0.1) is 11.4 Å². The van der Waals surface area contributed by atoms with Crippen molar-refractivity contribution in [2.75, 3.05) is 6.61 Å². The van der Waals surface area contributed by atoms with E-state index in [0.717, 1.165) is 42.4 Å². The number of halogens is 3. The van der Waals surface area contributed by atoms with E-state index in [9.17, 15) is 8.78 Å². The molecule has 1 unspecified atom stereocenters. The third kappa shape index (κ3) is 2.70. The van der Waals surface area contributed by atoms with E-state index < -0.39 is 11.6 Å². The second-order valence-electron chi connectivity index (χ2n) is 4.88. The van der Waals surface area contributed by atoms with E-state index in [1.807, 2.05) is 18.2 Å². The van der Waals surface area contributed by atoms with Crippen molar-refractivity contribution in [2.45, 2.75) is 17.7 Å². The summed E-state index contributed by atoms with van der Waals surface area (Å²) in [4.78, 5) is -0.236. The highest BCUT2D eigenvalue weighted by Crippen LogP contribution is 2.35. The Balaban J connectivity index is 1.95. The molecule has 0 spiro atoms. The second-order valence-corrected chi connectivity index (χ2v) is 5.80. The van der Waals surface area contributed by atoms with Crippen LogP contribution in [0.2, 0.25) is 0 Å². The van der Waals surface area contributed by atoms with Crippen molar-refractivity contribution < 1.29 is 13.5 Å². The van der Waals surface area contributed by atoms with Crippen LogP contribution < -0.4 is 4.74 Å². The number of hydrogen-bond acceptors (Lipinski definition) is 1. The van der Waals surface area contributed by atoms with Crippen molar-refractivity contribution in [3.05, 3.63) is 64.7 Å². The van der Waals surface area contributed by atoms with Gasteiger partial charge in [-0.25, -0.2) is 8.78 Å². The Bertz CT molecular complexity index is 622. The number of rotatable bonds is 2. The average molecular weight is 339 g/mol. The molecule has 0 aliphatic carbocycles. The summed E-state index contributed by atoms with van der Waals surface area (Å²) in [5.41, 5.74) is 2.69. The summed E-state index contributed by atoms with van der Waals surface area (Å²) in [6.45, 7) is 0.749. The lowest BCUT2D eigenvalue weighted by Crippen LogP contribution is -2.09. The molecule has 1 heterocycles. The van der Waals surface area contributed by atoms with Crippen molar-refractivity contribution in [2.24, 2.45) is 0 Å². The summed E-state index contributed by atoms with van der Waals surface area (Å²) in [5.74, 6) is -0.221. The first kappa shape index (κ1) is 13.6. The van der Waals surface area contributed by atoms with Gasteiger partial charge in [-0.05, 0) is 47.7 Å². The van der Waals surface area contributed by atoms with Gasteiger partial charge in [0, 0.05) is 6.07 Å². The van der Waals surface area contributed by atoms with Crippen LogP contribution >= 0.6 is 15.9 Å². The molecule has 0 saturated carbocycles. The van der Waals surface area contributed by atoms with E-state index >= 15 is 0 Å². The predicted molar refractivity (Wildman–Crippen MR) is 77.4 cm³/mol. The molecule has 2 aromatic rings. The lowest BCUT2D eigenvalue weighted by atomic mass is 9.99. The number of alkyl halides is 1. The monoisotopic (exact) mass is 338 g/mol. The van der Waals surface area contributed by atoms with Crippen LogP contribution in [0.4, 0.5) is 8.78 Å². The Hall–Kier alpha value is -1.42. The van der Waals surface area contributed by atoms with E-state index in [4.69, 9.17) is 4.74 Å². The van der Waals surface area contributed by atoms with E-state index in [2.05, 4.69) is 15.9 Å². The Kier molecular flexibility index (Phi) is 3.74. The minimum absolute atomic E-state index is 0.236. The number of benzene rings is 2. The summed E-state index contributed by atoms with van der Waals surface area (Å²) >= 11 is 3.52. The lowest BCUT2D eigenvalue weighted by Gasteiger charge is -2.19. The molecule has 0 fully saturated rings. The van der Waals surface area contributed by atoms with Gasteiger partial charge in [0.2, 0.25) is 0 Å². The maximum atomic E-state index is 13.3. The molecule has 3 rings (SSSR count). The largest absolute Gasteiger partial charge is 0.493 e. The number of hydrogen-bond donors (Lipinski definition) is 0. The Labute approximate surface area is 124 Å². The van der Waals surface area contributed by atoms with Crippen LogP contribution in [0.25, 0.3) is 0 Å². The fourth-order valence-electron chi connectivity index (χ4n) is 2.45. The zero-order valence-electron chi connectivity index (χ0n) is 10.7. The molecule has 0 radical (unpaired) electrons. The third-order valence-electron chi connectivity index (χ3n) is 3.40. The van der Waals surface area contributed by atoms with Crippen LogP contribution in [0.1, 0.15) is 27.9 Å². The molecule has 0 N–H and O–H groups in total. The molecule has 1 nitrogen and oxygen atoms in total. The molecule has 104 valence electrons. The van der Waals surface area contributed by atoms with Gasteiger partial charge in [0.1, 0.15) is 17.4 Å². The van der Waals surface area contributed by atoms with Gasteiger partial charge in [-0.1, -0.05) is 28.1 Å². The molecule has 2 aromatic carbocycles. The first-order valence-electron chi connectivity index (χ1n) is 6.49. The molecular formula is C16H13BrF2O. The SMILES string of the molecule is Fc1cc(F)cc(C(Br)c2ccc3c(c2)CCCO3)c1. The maximum Gasteiger partial charge on any atom is 0.126 e. The lowest BCUT2D eigenvalue weighted by molar-refractivity contribution is 0.288. The zero-order valence-corrected chi connectivity index (χ0v) is 12.3. The Morgan fingerprint density at radius 1 is 1.00 bits per heavy atom.